The van der Waals surface area contributed by atoms with Crippen molar-refractivity contribution in [1.82, 2.24) is 0 Å². The SMILES string of the molecule is O=N[O-].O=N[O-].O=N[O-].O=N[O-].O=N[O-].O=N[O-].[Zn]. The fourth-order valence-corrected chi connectivity index (χ4v) is 0. The van der Waals surface area contributed by atoms with Crippen molar-refractivity contribution >= 4 is 0 Å². The summed E-state index contributed by atoms with van der Waals surface area (Å²) in [7, 11) is 0. The zero-order valence-electron chi connectivity index (χ0n) is 8.29. The molecule has 0 unspecified atom stereocenters. The Hall–Kier alpha value is -2.98. The molecule has 0 fully saturated rings. The second kappa shape index (κ2) is 323. The van der Waals surface area contributed by atoms with Gasteiger partial charge in [-0.3, -0.25) is 0 Å². The van der Waals surface area contributed by atoms with E-state index >= 15 is 0 Å². The third-order valence-corrected chi connectivity index (χ3v) is 0. The van der Waals surface area contributed by atoms with Crippen LogP contribution in [0.25, 0.3) is 0 Å². The second-order valence-corrected chi connectivity index (χ2v) is 0.447. The topological polar surface area (TPSA) is 315 Å². The van der Waals surface area contributed by atoms with Crippen molar-refractivity contribution in [3.05, 3.63) is 60.7 Å². The summed E-state index contributed by atoms with van der Waals surface area (Å²) in [5, 5.41) is 54.0. The molecule has 0 radical (unpaired) electrons. The maximum atomic E-state index is 8.00. The number of hydrogen-bond acceptors (Lipinski definition) is 18. The minimum Gasteiger partial charge on any atom is -0.444 e. The van der Waals surface area contributed by atoms with Crippen LogP contribution in [0.5, 0.6) is 0 Å². The molecule has 0 aromatic heterocycles. The van der Waals surface area contributed by atoms with Gasteiger partial charge in [0.05, 0.1) is 0 Å². The number of rotatable bonds is 0. The summed E-state index contributed by atoms with van der Waals surface area (Å²) in [6.07, 6.45) is 0. The van der Waals surface area contributed by atoms with E-state index in [0.717, 1.165) is 32.0 Å². The maximum absolute atomic E-state index is 8.00. The van der Waals surface area contributed by atoms with Crippen LogP contribution in [-0.2, 0) is 19.5 Å². The van der Waals surface area contributed by atoms with Crippen LogP contribution < -0.4 is 0 Å². The minimum atomic E-state index is 0. The average molecular weight is 341 g/mol. The summed E-state index contributed by atoms with van der Waals surface area (Å²) < 4.78 is 0. The third-order valence-electron chi connectivity index (χ3n) is 0. The van der Waals surface area contributed by atoms with E-state index in [1.165, 1.54) is 0 Å². The van der Waals surface area contributed by atoms with Gasteiger partial charge in [-0.2, -0.15) is 0 Å². The summed E-state index contributed by atoms with van der Waals surface area (Å²) in [5.74, 6) is 0. The smallest absolute Gasteiger partial charge is 0 e. The van der Waals surface area contributed by atoms with E-state index in [1.807, 2.05) is 0 Å². The van der Waals surface area contributed by atoms with E-state index in [1.54, 1.807) is 0 Å². The van der Waals surface area contributed by atoms with Gasteiger partial charge in [-0.1, -0.05) is 0 Å². The van der Waals surface area contributed by atoms with Crippen LogP contribution in [0, 0.1) is 60.7 Å². The first-order chi connectivity index (χ1) is 8.49. The summed E-state index contributed by atoms with van der Waals surface area (Å²) in [5.41, 5.74) is 0. The molecule has 0 aromatic rings. The molecule has 0 saturated carbocycles. The molecule has 0 aliphatic carbocycles. The Morgan fingerprint density at radius 3 is 0.368 bits per heavy atom. The zero-order valence-corrected chi connectivity index (χ0v) is 11.3. The number of nitrogens with zero attached hydrogens (tertiary/aromatic N) is 6. The normalized spacial score (nSPS) is 3.79. The van der Waals surface area contributed by atoms with Crippen LogP contribution in [0.2, 0.25) is 0 Å². The molecule has 19 heteroatoms. The largest absolute Gasteiger partial charge is 0.444 e. The Morgan fingerprint density at radius 2 is 0.368 bits per heavy atom. The monoisotopic (exact) mass is 340 g/mol. The van der Waals surface area contributed by atoms with Crippen LogP contribution in [0.1, 0.15) is 0 Å². The van der Waals surface area contributed by atoms with Crippen molar-refractivity contribution < 1.29 is 19.5 Å². The molecular formula is N6O12Zn-6. The molecule has 0 heterocycles. The maximum Gasteiger partial charge on any atom is 0 e. The Bertz CT molecular complexity index is 114. The van der Waals surface area contributed by atoms with Gasteiger partial charge in [0.2, 0.25) is 0 Å². The van der Waals surface area contributed by atoms with E-state index in [2.05, 4.69) is 0 Å². The fraction of sp³-hybridized carbons (Fsp3) is 0. The summed E-state index contributed by atoms with van der Waals surface area (Å²) in [6, 6.07) is 0. The predicted molar refractivity (Wildman–Crippen MR) is 55.0 cm³/mol. The third kappa shape index (κ3) is 288. The van der Waals surface area contributed by atoms with Crippen LogP contribution in [0.4, 0.5) is 0 Å². The molecule has 0 aliphatic rings. The molecular weight excluding hydrogens is 341 g/mol. The molecule has 0 bridgehead atoms. The van der Waals surface area contributed by atoms with Crippen LogP contribution in [0.15, 0.2) is 32.0 Å². The van der Waals surface area contributed by atoms with Crippen molar-refractivity contribution in [2.45, 2.75) is 0 Å². The quantitative estimate of drug-likeness (QED) is 0.343. The second-order valence-electron chi connectivity index (χ2n) is 0.447. The Kier molecular flexibility index (Phi) is 756. The molecule has 0 saturated heterocycles. The van der Waals surface area contributed by atoms with Crippen molar-refractivity contribution in [3.8, 4) is 0 Å². The van der Waals surface area contributed by atoms with Crippen molar-refractivity contribution in [2.75, 3.05) is 0 Å². The molecule has 0 spiro atoms. The van der Waals surface area contributed by atoms with Crippen LogP contribution in [-0.4, -0.2) is 0 Å². The van der Waals surface area contributed by atoms with Gasteiger partial charge >= 0.3 is 0 Å². The fourth-order valence-electron chi connectivity index (χ4n) is 0. The average Bonchev–Trinajstić information content (AvgIpc) is 2.23. The minimum absolute atomic E-state index is 0. The summed E-state index contributed by atoms with van der Waals surface area (Å²) >= 11 is 0. The van der Waals surface area contributed by atoms with E-state index < -0.39 is 0 Å². The van der Waals surface area contributed by atoms with Gasteiger partial charge in [-0.25, -0.2) is 0 Å². The van der Waals surface area contributed by atoms with Crippen LogP contribution >= 0.6 is 0 Å². The van der Waals surface area contributed by atoms with Crippen molar-refractivity contribution in [1.29, 1.82) is 0 Å². The van der Waals surface area contributed by atoms with Gasteiger partial charge in [0, 0.05) is 19.5 Å². The molecule has 0 amide bonds. The van der Waals surface area contributed by atoms with E-state index in [0.29, 0.717) is 0 Å². The van der Waals surface area contributed by atoms with Gasteiger partial charge in [-0.15, -0.1) is 32.0 Å². The van der Waals surface area contributed by atoms with Gasteiger partial charge in [0.15, 0.2) is 0 Å². The van der Waals surface area contributed by atoms with Gasteiger partial charge < -0.3 is 60.7 Å². The molecule has 0 aliphatic heterocycles. The molecule has 110 valence electrons. The molecule has 19 heavy (non-hydrogen) atoms. The van der Waals surface area contributed by atoms with Crippen molar-refractivity contribution in [2.24, 2.45) is 32.0 Å². The van der Waals surface area contributed by atoms with Gasteiger partial charge in [-0.05, 0) is 0 Å². The predicted octanol–water partition coefficient (Wildman–Crippen LogP) is 1.50. The Morgan fingerprint density at radius 1 is 0.368 bits per heavy atom. The van der Waals surface area contributed by atoms with E-state index in [-0.39, 0.29) is 19.5 Å². The first-order valence-corrected chi connectivity index (χ1v) is 2.19. The zero-order chi connectivity index (χ0) is 16.2. The van der Waals surface area contributed by atoms with Gasteiger partial charge in [0.1, 0.15) is 0 Å². The Labute approximate surface area is 113 Å². The molecule has 18 nitrogen and oxygen atoms in total. The molecule has 0 aromatic carbocycles. The van der Waals surface area contributed by atoms with Crippen LogP contribution in [0.3, 0.4) is 0 Å². The molecule has 0 rings (SSSR count). The van der Waals surface area contributed by atoms with Crippen molar-refractivity contribution in [3.63, 3.8) is 0 Å². The number of hydrogen-bond donors (Lipinski definition) is 0. The van der Waals surface area contributed by atoms with E-state index in [4.69, 9.17) is 60.7 Å². The summed E-state index contributed by atoms with van der Waals surface area (Å²) in [6.45, 7) is 0. The summed E-state index contributed by atoms with van der Waals surface area (Å²) in [4.78, 5) is 48.0. The standard InChI is InChI=1S/6HNO2.Zn/c6*2-1-3;/h6*(H,2,3);/p-6. The van der Waals surface area contributed by atoms with E-state index in [9.17, 15) is 0 Å². The van der Waals surface area contributed by atoms with Gasteiger partial charge in [0.25, 0.3) is 0 Å². The molecule has 0 N–H and O–H groups in total. The first kappa shape index (κ1) is 44.4. The first-order valence-electron chi connectivity index (χ1n) is 2.19. The Balaban J connectivity index is -0.0000000180. The molecule has 0 atom stereocenters.